The van der Waals surface area contributed by atoms with Gasteiger partial charge in [-0.25, -0.2) is 4.79 Å². The quantitative estimate of drug-likeness (QED) is 0.664. The molecule has 18 heavy (non-hydrogen) atoms. The molecule has 0 unspecified atom stereocenters. The summed E-state index contributed by atoms with van der Waals surface area (Å²) in [6.07, 6.45) is 3.42. The number of nitrogens with two attached hydrogens (primary N) is 1. The van der Waals surface area contributed by atoms with Gasteiger partial charge in [0.1, 0.15) is 0 Å². The van der Waals surface area contributed by atoms with Gasteiger partial charge in [0.15, 0.2) is 0 Å². The van der Waals surface area contributed by atoms with Crippen molar-refractivity contribution < 1.29 is 0 Å². The molecular weight excluding hydrogens is 228 g/mol. The number of hydrogen-bond acceptors (Lipinski definition) is 3. The van der Waals surface area contributed by atoms with Crippen molar-refractivity contribution in [2.45, 2.75) is 6.54 Å². The standard InChI is InChI=1S/C13H12N4O/c14-10-1-2-11-12(7-10)17(13(18)16-11)8-9-3-5-15-6-4-9/h1-7H,8,14H2,(H,16,18). The summed E-state index contributed by atoms with van der Waals surface area (Å²) in [7, 11) is 0. The minimum atomic E-state index is -0.132. The Labute approximate surface area is 103 Å². The zero-order chi connectivity index (χ0) is 12.5. The zero-order valence-corrected chi connectivity index (χ0v) is 9.63. The molecule has 90 valence electrons. The molecule has 3 aromatic rings. The first-order chi connectivity index (χ1) is 8.74. The number of aromatic nitrogens is 3. The van der Waals surface area contributed by atoms with Gasteiger partial charge in [-0.15, -0.1) is 0 Å². The molecule has 3 rings (SSSR count). The van der Waals surface area contributed by atoms with Gasteiger partial charge in [0, 0.05) is 18.1 Å². The van der Waals surface area contributed by atoms with E-state index in [0.717, 1.165) is 16.6 Å². The molecule has 2 heterocycles. The Morgan fingerprint density at radius 3 is 2.78 bits per heavy atom. The lowest BCUT2D eigenvalue weighted by Gasteiger charge is -2.03. The predicted molar refractivity (Wildman–Crippen MR) is 70.3 cm³/mol. The second-order valence-corrected chi connectivity index (χ2v) is 4.15. The van der Waals surface area contributed by atoms with Crippen LogP contribution in [0.3, 0.4) is 0 Å². The first kappa shape index (κ1) is 10.6. The number of imidazole rings is 1. The summed E-state index contributed by atoms with van der Waals surface area (Å²) in [5, 5.41) is 0. The van der Waals surface area contributed by atoms with Crippen molar-refractivity contribution in [3.05, 3.63) is 58.8 Å². The third kappa shape index (κ3) is 1.75. The van der Waals surface area contributed by atoms with E-state index in [1.54, 1.807) is 29.1 Å². The lowest BCUT2D eigenvalue weighted by molar-refractivity contribution is 0.785. The average molecular weight is 240 g/mol. The van der Waals surface area contributed by atoms with Crippen LogP contribution in [0, 0.1) is 0 Å². The number of H-pyrrole nitrogens is 1. The maximum atomic E-state index is 11.9. The van der Waals surface area contributed by atoms with Crippen LogP contribution in [-0.2, 0) is 6.54 Å². The van der Waals surface area contributed by atoms with Crippen LogP contribution in [0.5, 0.6) is 0 Å². The number of aromatic amines is 1. The van der Waals surface area contributed by atoms with Crippen molar-refractivity contribution in [3.8, 4) is 0 Å². The Morgan fingerprint density at radius 2 is 2.00 bits per heavy atom. The summed E-state index contributed by atoms with van der Waals surface area (Å²) in [5.74, 6) is 0. The van der Waals surface area contributed by atoms with Crippen LogP contribution in [0.15, 0.2) is 47.5 Å². The predicted octanol–water partition coefficient (Wildman–Crippen LogP) is 1.36. The lowest BCUT2D eigenvalue weighted by Crippen LogP contribution is -2.17. The van der Waals surface area contributed by atoms with Gasteiger partial charge in [0.25, 0.3) is 0 Å². The van der Waals surface area contributed by atoms with E-state index in [0.29, 0.717) is 12.2 Å². The van der Waals surface area contributed by atoms with Crippen LogP contribution in [-0.4, -0.2) is 14.5 Å². The van der Waals surface area contributed by atoms with Crippen molar-refractivity contribution in [3.63, 3.8) is 0 Å². The van der Waals surface area contributed by atoms with E-state index in [2.05, 4.69) is 9.97 Å². The van der Waals surface area contributed by atoms with E-state index < -0.39 is 0 Å². The Kier molecular flexibility index (Phi) is 2.37. The molecule has 2 aromatic heterocycles. The van der Waals surface area contributed by atoms with Gasteiger partial charge in [-0.05, 0) is 35.9 Å². The average Bonchev–Trinajstić information content (AvgIpc) is 2.67. The molecule has 0 aliphatic heterocycles. The summed E-state index contributed by atoms with van der Waals surface area (Å²) in [6.45, 7) is 0.505. The van der Waals surface area contributed by atoms with Crippen LogP contribution in [0.1, 0.15) is 5.56 Å². The fourth-order valence-corrected chi connectivity index (χ4v) is 2.00. The van der Waals surface area contributed by atoms with Gasteiger partial charge in [0.2, 0.25) is 0 Å². The fourth-order valence-electron chi connectivity index (χ4n) is 2.00. The Hall–Kier alpha value is -2.56. The van der Waals surface area contributed by atoms with Gasteiger partial charge in [-0.3, -0.25) is 9.55 Å². The van der Waals surface area contributed by atoms with Crippen molar-refractivity contribution in [1.82, 2.24) is 14.5 Å². The van der Waals surface area contributed by atoms with Gasteiger partial charge >= 0.3 is 5.69 Å². The molecule has 0 saturated carbocycles. The van der Waals surface area contributed by atoms with Gasteiger partial charge in [-0.2, -0.15) is 0 Å². The first-order valence-corrected chi connectivity index (χ1v) is 5.61. The second-order valence-electron chi connectivity index (χ2n) is 4.15. The number of anilines is 1. The monoisotopic (exact) mass is 240 g/mol. The number of nitrogens with zero attached hydrogens (tertiary/aromatic N) is 2. The third-order valence-electron chi connectivity index (χ3n) is 2.89. The van der Waals surface area contributed by atoms with Gasteiger partial charge < -0.3 is 10.7 Å². The molecule has 5 heteroatoms. The highest BCUT2D eigenvalue weighted by Crippen LogP contribution is 2.15. The van der Waals surface area contributed by atoms with E-state index >= 15 is 0 Å². The van der Waals surface area contributed by atoms with Crippen LogP contribution < -0.4 is 11.4 Å². The number of benzene rings is 1. The van der Waals surface area contributed by atoms with Gasteiger partial charge in [-0.1, -0.05) is 0 Å². The second kappa shape index (κ2) is 4.03. The Morgan fingerprint density at radius 1 is 1.22 bits per heavy atom. The number of nitrogens with one attached hydrogen (secondary N) is 1. The summed E-state index contributed by atoms with van der Waals surface area (Å²) in [6, 6.07) is 9.16. The zero-order valence-electron chi connectivity index (χ0n) is 9.63. The molecule has 0 aliphatic rings. The molecule has 0 aliphatic carbocycles. The van der Waals surface area contributed by atoms with Crippen molar-refractivity contribution in [2.24, 2.45) is 0 Å². The maximum Gasteiger partial charge on any atom is 0.326 e. The fraction of sp³-hybridized carbons (Fsp3) is 0.0769. The van der Waals surface area contributed by atoms with Gasteiger partial charge in [0.05, 0.1) is 17.6 Å². The Bertz CT molecular complexity index is 743. The smallest absolute Gasteiger partial charge is 0.326 e. The van der Waals surface area contributed by atoms with E-state index in [4.69, 9.17) is 5.73 Å². The molecule has 3 N–H and O–H groups in total. The SMILES string of the molecule is Nc1ccc2[nH]c(=O)n(Cc3ccncc3)c2c1. The third-order valence-corrected chi connectivity index (χ3v) is 2.89. The number of fused-ring (bicyclic) bond motifs is 1. The highest BCUT2D eigenvalue weighted by atomic mass is 16.1. The minimum Gasteiger partial charge on any atom is -0.399 e. The molecular formula is C13H12N4O. The highest BCUT2D eigenvalue weighted by Gasteiger charge is 2.07. The van der Waals surface area contributed by atoms with Crippen LogP contribution in [0.2, 0.25) is 0 Å². The van der Waals surface area contributed by atoms with Crippen LogP contribution in [0.25, 0.3) is 11.0 Å². The normalized spacial score (nSPS) is 10.9. The van der Waals surface area contributed by atoms with E-state index in [9.17, 15) is 4.79 Å². The van der Waals surface area contributed by atoms with E-state index in [1.807, 2.05) is 18.2 Å². The summed E-state index contributed by atoms with van der Waals surface area (Å²) in [4.78, 5) is 18.7. The van der Waals surface area contributed by atoms with E-state index in [1.165, 1.54) is 0 Å². The van der Waals surface area contributed by atoms with E-state index in [-0.39, 0.29) is 5.69 Å². The first-order valence-electron chi connectivity index (χ1n) is 5.61. The number of rotatable bonds is 2. The Balaban J connectivity index is 2.14. The maximum absolute atomic E-state index is 11.9. The highest BCUT2D eigenvalue weighted by molar-refractivity contribution is 5.79. The number of pyridine rings is 1. The molecule has 1 aromatic carbocycles. The lowest BCUT2D eigenvalue weighted by atomic mass is 10.2. The summed E-state index contributed by atoms with van der Waals surface area (Å²) in [5.41, 5.74) is 8.90. The van der Waals surface area contributed by atoms with Crippen LogP contribution in [0.4, 0.5) is 5.69 Å². The molecule has 5 nitrogen and oxygen atoms in total. The largest absolute Gasteiger partial charge is 0.399 e. The minimum absolute atomic E-state index is 0.132. The molecule has 0 radical (unpaired) electrons. The number of hydrogen-bond donors (Lipinski definition) is 2. The van der Waals surface area contributed by atoms with Crippen molar-refractivity contribution >= 4 is 16.7 Å². The summed E-state index contributed by atoms with van der Waals surface area (Å²) >= 11 is 0. The van der Waals surface area contributed by atoms with Crippen LogP contribution >= 0.6 is 0 Å². The topological polar surface area (TPSA) is 76.7 Å². The molecule has 0 atom stereocenters. The molecule has 0 spiro atoms. The molecule has 0 bridgehead atoms. The van der Waals surface area contributed by atoms with Crippen molar-refractivity contribution in [2.75, 3.05) is 5.73 Å². The molecule has 0 amide bonds. The molecule has 0 fully saturated rings. The number of nitrogen functional groups attached to an aromatic ring is 1. The van der Waals surface area contributed by atoms with Crippen molar-refractivity contribution in [1.29, 1.82) is 0 Å². The molecule has 0 saturated heterocycles. The summed E-state index contributed by atoms with van der Waals surface area (Å²) < 4.78 is 1.67.